The number of rotatable bonds is 1. The minimum absolute atomic E-state index is 0. The molecule has 0 radical (unpaired) electrons. The maximum absolute atomic E-state index is 13.6. The third-order valence-corrected chi connectivity index (χ3v) is 2.90. The van der Waals surface area contributed by atoms with E-state index in [1.54, 1.807) is 0 Å². The quantitative estimate of drug-likeness (QED) is 0.772. The summed E-state index contributed by atoms with van der Waals surface area (Å²) in [7, 11) is 0. The van der Waals surface area contributed by atoms with Gasteiger partial charge in [0.25, 0.3) is 0 Å². The highest BCUT2D eigenvalue weighted by atomic mass is 35.5. The Labute approximate surface area is 107 Å². The van der Waals surface area contributed by atoms with E-state index in [1.165, 1.54) is 0 Å². The minimum Gasteiger partial charge on any atom is -0.310 e. The van der Waals surface area contributed by atoms with Gasteiger partial charge in [0.1, 0.15) is 5.82 Å². The van der Waals surface area contributed by atoms with Crippen molar-refractivity contribution in [1.29, 1.82) is 0 Å². The van der Waals surface area contributed by atoms with Crippen LogP contribution < -0.4 is 5.32 Å². The predicted molar refractivity (Wildman–Crippen MR) is 59.0 cm³/mol. The van der Waals surface area contributed by atoms with Gasteiger partial charge in [0.05, 0.1) is 10.6 Å². The smallest absolute Gasteiger partial charge is 0.310 e. The third-order valence-electron chi connectivity index (χ3n) is 2.61. The summed E-state index contributed by atoms with van der Waals surface area (Å²) in [6.07, 6.45) is -4.07. The molecule has 2 rings (SSSR count). The number of hydrogen-bond acceptors (Lipinski definition) is 1. The summed E-state index contributed by atoms with van der Waals surface area (Å²) in [6.45, 7) is 0.591. The summed E-state index contributed by atoms with van der Waals surface area (Å²) < 4.78 is 51.5. The lowest BCUT2D eigenvalue weighted by Gasteiger charge is -2.30. The predicted octanol–water partition coefficient (Wildman–Crippen LogP) is 3.95. The maximum atomic E-state index is 13.6. The molecule has 1 heterocycles. The van der Waals surface area contributed by atoms with Crippen LogP contribution in [0.15, 0.2) is 12.1 Å². The zero-order chi connectivity index (χ0) is 11.9. The molecule has 0 bridgehead atoms. The Hall–Kier alpha value is -0.520. The standard InChI is InChI=1S/C10H8ClF4N.ClH/c11-6-2-1-5(10(13,14)15)8(9(6)12)7-3-4-16-7;/h1-2,7,16H,3-4H2;1H/t7-;/m1./s1. The molecule has 1 nitrogen and oxygen atoms in total. The largest absolute Gasteiger partial charge is 0.416 e. The highest BCUT2D eigenvalue weighted by Gasteiger charge is 2.38. The molecule has 0 aliphatic carbocycles. The van der Waals surface area contributed by atoms with Crippen molar-refractivity contribution >= 4 is 24.0 Å². The summed E-state index contributed by atoms with van der Waals surface area (Å²) in [5.74, 6) is -0.978. The molecule has 1 aliphatic rings. The molecular formula is C10H9Cl2F4N. The molecule has 0 saturated carbocycles. The molecule has 1 N–H and O–H groups in total. The van der Waals surface area contributed by atoms with Gasteiger partial charge in [-0.15, -0.1) is 12.4 Å². The SMILES string of the molecule is Cl.Fc1c(Cl)ccc(C(F)(F)F)c1[C@H]1CCN1. The summed E-state index contributed by atoms with van der Waals surface area (Å²) in [4.78, 5) is 0. The van der Waals surface area contributed by atoms with Crippen molar-refractivity contribution in [3.05, 3.63) is 34.1 Å². The number of alkyl halides is 3. The zero-order valence-electron chi connectivity index (χ0n) is 8.44. The van der Waals surface area contributed by atoms with E-state index >= 15 is 0 Å². The van der Waals surface area contributed by atoms with Crippen molar-refractivity contribution in [2.75, 3.05) is 6.54 Å². The molecule has 1 fully saturated rings. The van der Waals surface area contributed by atoms with Gasteiger partial charge in [-0.1, -0.05) is 11.6 Å². The lowest BCUT2D eigenvalue weighted by molar-refractivity contribution is -0.138. The first-order valence-electron chi connectivity index (χ1n) is 4.69. The molecule has 1 atom stereocenters. The van der Waals surface area contributed by atoms with Crippen LogP contribution in [0.5, 0.6) is 0 Å². The second-order valence-corrected chi connectivity index (χ2v) is 4.02. The Kier molecular flexibility index (Phi) is 4.28. The second kappa shape index (κ2) is 5.00. The fourth-order valence-corrected chi connectivity index (χ4v) is 1.85. The molecule has 1 saturated heterocycles. The number of benzene rings is 1. The number of halogens is 6. The molecule has 17 heavy (non-hydrogen) atoms. The van der Waals surface area contributed by atoms with Gasteiger partial charge in [0.15, 0.2) is 0 Å². The van der Waals surface area contributed by atoms with Crippen LogP contribution in [0.1, 0.15) is 23.6 Å². The number of hydrogen-bond donors (Lipinski definition) is 1. The normalized spacial score (nSPS) is 19.5. The minimum atomic E-state index is -4.56. The first-order valence-corrected chi connectivity index (χ1v) is 5.07. The van der Waals surface area contributed by atoms with Crippen molar-refractivity contribution in [3.63, 3.8) is 0 Å². The molecule has 1 aliphatic heterocycles. The van der Waals surface area contributed by atoms with E-state index < -0.39 is 23.6 Å². The van der Waals surface area contributed by atoms with Crippen LogP contribution >= 0.6 is 24.0 Å². The van der Waals surface area contributed by atoms with E-state index in [-0.39, 0.29) is 23.0 Å². The van der Waals surface area contributed by atoms with E-state index in [1.807, 2.05) is 0 Å². The Morgan fingerprint density at radius 2 is 1.88 bits per heavy atom. The molecule has 0 aromatic heterocycles. The van der Waals surface area contributed by atoms with Gasteiger partial charge >= 0.3 is 6.18 Å². The first kappa shape index (κ1) is 14.5. The van der Waals surface area contributed by atoms with Crippen LogP contribution in [-0.2, 0) is 6.18 Å². The first-order chi connectivity index (χ1) is 7.41. The van der Waals surface area contributed by atoms with Crippen LogP contribution in [-0.4, -0.2) is 6.54 Å². The lowest BCUT2D eigenvalue weighted by atomic mass is 9.92. The van der Waals surface area contributed by atoms with Gasteiger partial charge in [-0.3, -0.25) is 0 Å². The summed E-state index contributed by atoms with van der Waals surface area (Å²) in [6, 6.07) is 1.16. The summed E-state index contributed by atoms with van der Waals surface area (Å²) in [5.41, 5.74) is -1.32. The number of nitrogens with one attached hydrogen (secondary N) is 1. The van der Waals surface area contributed by atoms with Crippen molar-refractivity contribution < 1.29 is 17.6 Å². The molecule has 96 valence electrons. The van der Waals surface area contributed by atoms with Crippen LogP contribution in [0.3, 0.4) is 0 Å². The van der Waals surface area contributed by atoms with Crippen LogP contribution in [0, 0.1) is 5.82 Å². The van der Waals surface area contributed by atoms with E-state index in [0.29, 0.717) is 13.0 Å². The molecule has 7 heteroatoms. The lowest BCUT2D eigenvalue weighted by Crippen LogP contribution is -2.37. The Balaban J connectivity index is 0.00000144. The van der Waals surface area contributed by atoms with Gasteiger partial charge in [-0.05, 0) is 25.1 Å². The van der Waals surface area contributed by atoms with Crippen LogP contribution in [0.2, 0.25) is 5.02 Å². The van der Waals surface area contributed by atoms with Gasteiger partial charge < -0.3 is 5.32 Å². The molecular weight excluding hydrogens is 281 g/mol. The Bertz CT molecular complexity index is 416. The van der Waals surface area contributed by atoms with Crippen molar-refractivity contribution in [2.24, 2.45) is 0 Å². The average molecular weight is 290 g/mol. The summed E-state index contributed by atoms with van der Waals surface area (Å²) >= 11 is 5.49. The Morgan fingerprint density at radius 3 is 2.29 bits per heavy atom. The third kappa shape index (κ3) is 2.67. The van der Waals surface area contributed by atoms with Crippen LogP contribution in [0.25, 0.3) is 0 Å². The van der Waals surface area contributed by atoms with Crippen molar-refractivity contribution in [2.45, 2.75) is 18.6 Å². The maximum Gasteiger partial charge on any atom is 0.416 e. The topological polar surface area (TPSA) is 12.0 Å². The molecule has 1 aromatic carbocycles. The van der Waals surface area contributed by atoms with Gasteiger partial charge in [0, 0.05) is 11.6 Å². The van der Waals surface area contributed by atoms with Crippen molar-refractivity contribution in [3.8, 4) is 0 Å². The van der Waals surface area contributed by atoms with Gasteiger partial charge in [0.2, 0.25) is 0 Å². The molecule has 1 aromatic rings. The zero-order valence-corrected chi connectivity index (χ0v) is 10.0. The fraction of sp³-hybridized carbons (Fsp3) is 0.400. The molecule has 0 unspecified atom stereocenters. The average Bonchev–Trinajstić information content (AvgIpc) is 2.08. The monoisotopic (exact) mass is 289 g/mol. The van der Waals surface area contributed by atoms with Gasteiger partial charge in [-0.25, -0.2) is 4.39 Å². The van der Waals surface area contributed by atoms with E-state index in [4.69, 9.17) is 11.6 Å². The van der Waals surface area contributed by atoms with Crippen LogP contribution in [0.4, 0.5) is 17.6 Å². The molecule has 0 amide bonds. The van der Waals surface area contributed by atoms with E-state index in [0.717, 1.165) is 12.1 Å². The Morgan fingerprint density at radius 1 is 1.29 bits per heavy atom. The van der Waals surface area contributed by atoms with Gasteiger partial charge in [-0.2, -0.15) is 13.2 Å². The van der Waals surface area contributed by atoms with Crippen molar-refractivity contribution in [1.82, 2.24) is 5.32 Å². The molecule has 0 spiro atoms. The summed E-state index contributed by atoms with van der Waals surface area (Å²) in [5, 5.41) is 2.46. The van der Waals surface area contributed by atoms with E-state index in [2.05, 4.69) is 5.32 Å². The highest BCUT2D eigenvalue weighted by Crippen LogP contribution is 2.40. The second-order valence-electron chi connectivity index (χ2n) is 3.62. The fourth-order valence-electron chi connectivity index (χ4n) is 1.69. The highest BCUT2D eigenvalue weighted by molar-refractivity contribution is 6.30. The van der Waals surface area contributed by atoms with E-state index in [9.17, 15) is 17.6 Å².